The second kappa shape index (κ2) is 7.26. The van der Waals surface area contributed by atoms with E-state index in [1.165, 1.54) is 0 Å². The van der Waals surface area contributed by atoms with Crippen LogP contribution < -0.4 is 5.32 Å². The summed E-state index contributed by atoms with van der Waals surface area (Å²) >= 11 is 0. The van der Waals surface area contributed by atoms with Crippen molar-refractivity contribution < 1.29 is 13.2 Å². The number of aromatic nitrogens is 2. The van der Waals surface area contributed by atoms with E-state index in [4.69, 9.17) is 0 Å². The number of aromatic amines is 1. The second-order valence-corrected chi connectivity index (χ2v) is 8.69. The highest BCUT2D eigenvalue weighted by Gasteiger charge is 2.29. The summed E-state index contributed by atoms with van der Waals surface area (Å²) in [5, 5.41) is 2.64. The maximum Gasteiger partial charge on any atom is 0.221 e. The van der Waals surface area contributed by atoms with Crippen molar-refractivity contribution in [2.24, 2.45) is 5.92 Å². The van der Waals surface area contributed by atoms with E-state index in [-0.39, 0.29) is 35.3 Å². The molecule has 0 aliphatic heterocycles. The number of carbonyl (C=O) groups is 1. The highest BCUT2D eigenvalue weighted by Crippen LogP contribution is 2.25. The number of nitrogens with zero attached hydrogens (tertiary/aromatic N) is 1. The zero-order valence-electron chi connectivity index (χ0n) is 13.2. The highest BCUT2D eigenvalue weighted by molar-refractivity contribution is 7.92. The molecule has 1 amide bonds. The number of nitrogens with one attached hydrogen (secondary N) is 2. The van der Waals surface area contributed by atoms with Crippen LogP contribution in [0.25, 0.3) is 0 Å². The highest BCUT2D eigenvalue weighted by atomic mass is 32.2. The lowest BCUT2D eigenvalue weighted by Gasteiger charge is -2.20. The third kappa shape index (κ3) is 4.32. The molecule has 0 spiro atoms. The zero-order valence-corrected chi connectivity index (χ0v) is 14.0. The van der Waals surface area contributed by atoms with Gasteiger partial charge in [-0.1, -0.05) is 26.7 Å². The van der Waals surface area contributed by atoms with Gasteiger partial charge in [0, 0.05) is 18.8 Å². The van der Waals surface area contributed by atoms with Gasteiger partial charge in [0.15, 0.2) is 9.84 Å². The van der Waals surface area contributed by atoms with Crippen molar-refractivity contribution in [1.82, 2.24) is 15.3 Å². The predicted octanol–water partition coefficient (Wildman–Crippen LogP) is 1.97. The molecule has 22 heavy (non-hydrogen) atoms. The molecule has 2 N–H and O–H groups in total. The van der Waals surface area contributed by atoms with E-state index in [1.54, 1.807) is 12.4 Å². The minimum atomic E-state index is -3.15. The quantitative estimate of drug-likeness (QED) is 0.801. The van der Waals surface area contributed by atoms with Gasteiger partial charge in [-0.25, -0.2) is 13.4 Å². The fourth-order valence-corrected chi connectivity index (χ4v) is 4.75. The Bertz CT molecular complexity index is 575. The fourth-order valence-electron chi connectivity index (χ4n) is 2.89. The molecule has 124 valence electrons. The summed E-state index contributed by atoms with van der Waals surface area (Å²) in [6.07, 6.45) is 6.80. The molecule has 7 heteroatoms. The molecule has 1 heterocycles. The average Bonchev–Trinajstić information content (AvgIpc) is 3.14. The molecular formula is C15H25N3O3S. The first-order valence-electron chi connectivity index (χ1n) is 7.90. The molecule has 1 aromatic rings. The maximum atomic E-state index is 12.2. The first kappa shape index (κ1) is 17.0. The molecule has 0 aromatic carbocycles. The average molecular weight is 327 g/mol. The Balaban J connectivity index is 1.89. The van der Waals surface area contributed by atoms with Gasteiger partial charge in [-0.3, -0.25) is 4.79 Å². The van der Waals surface area contributed by atoms with Crippen molar-refractivity contribution in [3.63, 3.8) is 0 Å². The summed E-state index contributed by atoms with van der Waals surface area (Å²) in [7, 11) is -3.15. The van der Waals surface area contributed by atoms with Gasteiger partial charge in [0.1, 0.15) is 5.82 Å². The lowest BCUT2D eigenvalue weighted by Crippen LogP contribution is -2.34. The Labute approximate surface area is 132 Å². The molecule has 0 unspecified atom stereocenters. The van der Waals surface area contributed by atoms with E-state index in [2.05, 4.69) is 15.3 Å². The first-order valence-corrected chi connectivity index (χ1v) is 9.62. The molecule has 1 saturated carbocycles. The lowest BCUT2D eigenvalue weighted by atomic mass is 10.0. The van der Waals surface area contributed by atoms with Crippen molar-refractivity contribution in [2.75, 3.05) is 5.75 Å². The van der Waals surface area contributed by atoms with E-state index < -0.39 is 9.84 Å². The van der Waals surface area contributed by atoms with Crippen LogP contribution in [-0.4, -0.2) is 35.3 Å². The van der Waals surface area contributed by atoms with E-state index in [0.29, 0.717) is 5.82 Å². The molecule has 0 bridgehead atoms. The molecule has 1 aliphatic rings. The van der Waals surface area contributed by atoms with Crippen LogP contribution >= 0.6 is 0 Å². The number of sulfone groups is 1. The Kier molecular flexibility index (Phi) is 5.61. The van der Waals surface area contributed by atoms with Crippen LogP contribution in [0.15, 0.2) is 12.4 Å². The topological polar surface area (TPSA) is 91.9 Å². The molecule has 1 atom stereocenters. The third-order valence-corrected chi connectivity index (χ3v) is 6.48. The van der Waals surface area contributed by atoms with Crippen molar-refractivity contribution in [2.45, 2.75) is 57.2 Å². The molecular weight excluding hydrogens is 302 g/mol. The Morgan fingerprint density at radius 2 is 2.09 bits per heavy atom. The Morgan fingerprint density at radius 1 is 1.41 bits per heavy atom. The standard InChI is InChI=1S/C15H25N3O3S/c1-11(2)14(15-16-8-9-17-15)18-13(19)7-10-22(20,21)12-5-3-4-6-12/h8-9,11-12,14H,3-7,10H2,1-2H3,(H,16,17)(H,18,19)/t14-/m1/s1. The smallest absolute Gasteiger partial charge is 0.221 e. The van der Waals surface area contributed by atoms with Crippen LogP contribution in [-0.2, 0) is 14.6 Å². The SMILES string of the molecule is CC(C)[C@@H](NC(=O)CCS(=O)(=O)C1CCCC1)c1ncc[nH]1. The summed E-state index contributed by atoms with van der Waals surface area (Å²) in [5.74, 6) is 0.562. The summed E-state index contributed by atoms with van der Waals surface area (Å²) in [4.78, 5) is 19.3. The predicted molar refractivity (Wildman–Crippen MR) is 85.0 cm³/mol. The van der Waals surface area contributed by atoms with Crippen LogP contribution in [0.1, 0.15) is 57.8 Å². The minimum Gasteiger partial charge on any atom is -0.347 e. The van der Waals surface area contributed by atoms with E-state index in [0.717, 1.165) is 25.7 Å². The van der Waals surface area contributed by atoms with Gasteiger partial charge in [0.05, 0.1) is 17.0 Å². The molecule has 0 saturated heterocycles. The Morgan fingerprint density at radius 3 is 2.64 bits per heavy atom. The van der Waals surface area contributed by atoms with Crippen molar-refractivity contribution in [3.05, 3.63) is 18.2 Å². The number of imidazole rings is 1. The van der Waals surface area contributed by atoms with Gasteiger partial charge >= 0.3 is 0 Å². The maximum absolute atomic E-state index is 12.2. The zero-order chi connectivity index (χ0) is 16.2. The minimum absolute atomic E-state index is 0.0166. The normalized spacial score (nSPS) is 17.8. The fraction of sp³-hybridized carbons (Fsp3) is 0.733. The molecule has 1 aromatic heterocycles. The number of H-pyrrole nitrogens is 1. The summed E-state index contributed by atoms with van der Waals surface area (Å²) in [6.45, 7) is 3.98. The largest absolute Gasteiger partial charge is 0.347 e. The molecule has 6 nitrogen and oxygen atoms in total. The molecule has 2 rings (SSSR count). The monoisotopic (exact) mass is 327 g/mol. The summed E-state index contributed by atoms with van der Waals surface area (Å²) in [6, 6.07) is -0.225. The van der Waals surface area contributed by atoms with Crippen LogP contribution in [0.2, 0.25) is 0 Å². The van der Waals surface area contributed by atoms with Gasteiger partial charge in [0.25, 0.3) is 0 Å². The van der Waals surface area contributed by atoms with Crippen LogP contribution in [0.4, 0.5) is 0 Å². The van der Waals surface area contributed by atoms with Crippen molar-refractivity contribution in [3.8, 4) is 0 Å². The lowest BCUT2D eigenvalue weighted by molar-refractivity contribution is -0.121. The molecule has 1 aliphatic carbocycles. The summed E-state index contributed by atoms with van der Waals surface area (Å²) < 4.78 is 24.4. The van der Waals surface area contributed by atoms with Crippen LogP contribution in [0.5, 0.6) is 0 Å². The third-order valence-electron chi connectivity index (χ3n) is 4.22. The van der Waals surface area contributed by atoms with Crippen LogP contribution in [0, 0.1) is 5.92 Å². The van der Waals surface area contributed by atoms with E-state index >= 15 is 0 Å². The van der Waals surface area contributed by atoms with Gasteiger partial charge < -0.3 is 10.3 Å². The van der Waals surface area contributed by atoms with E-state index in [9.17, 15) is 13.2 Å². The van der Waals surface area contributed by atoms with Crippen molar-refractivity contribution in [1.29, 1.82) is 0 Å². The molecule has 1 fully saturated rings. The second-order valence-electron chi connectivity index (χ2n) is 6.29. The van der Waals surface area contributed by atoms with Gasteiger partial charge in [-0.2, -0.15) is 0 Å². The van der Waals surface area contributed by atoms with Crippen molar-refractivity contribution >= 4 is 15.7 Å². The van der Waals surface area contributed by atoms with Gasteiger partial charge in [0.2, 0.25) is 5.91 Å². The number of rotatable bonds is 7. The Hall–Kier alpha value is -1.37. The van der Waals surface area contributed by atoms with E-state index in [1.807, 2.05) is 13.8 Å². The summed E-state index contributed by atoms with van der Waals surface area (Å²) in [5.41, 5.74) is 0. The van der Waals surface area contributed by atoms with Gasteiger partial charge in [-0.05, 0) is 18.8 Å². The van der Waals surface area contributed by atoms with Crippen LogP contribution in [0.3, 0.4) is 0 Å². The number of hydrogen-bond donors (Lipinski definition) is 2. The number of hydrogen-bond acceptors (Lipinski definition) is 4. The number of amides is 1. The number of carbonyl (C=O) groups excluding carboxylic acids is 1. The van der Waals surface area contributed by atoms with Gasteiger partial charge in [-0.15, -0.1) is 0 Å². The first-order chi connectivity index (χ1) is 10.4. The molecule has 0 radical (unpaired) electrons.